The van der Waals surface area contributed by atoms with Gasteiger partial charge in [0, 0.05) is 17.8 Å². The van der Waals surface area contributed by atoms with Crippen LogP contribution in [0.2, 0.25) is 0 Å². The second-order valence-electron chi connectivity index (χ2n) is 3.74. The zero-order valence-corrected chi connectivity index (χ0v) is 10.9. The number of nitrogens with zero attached hydrogens (tertiary/aromatic N) is 2. The maximum atomic E-state index is 11.5. The third-order valence-corrected chi connectivity index (χ3v) is 3.50. The molecule has 0 radical (unpaired) electrons. The highest BCUT2D eigenvalue weighted by Crippen LogP contribution is 2.34. The van der Waals surface area contributed by atoms with Gasteiger partial charge in [-0.05, 0) is 25.1 Å². The van der Waals surface area contributed by atoms with Crippen LogP contribution in [-0.2, 0) is 0 Å². The molecule has 0 saturated heterocycles. The van der Waals surface area contributed by atoms with E-state index in [1.807, 2.05) is 0 Å². The van der Waals surface area contributed by atoms with E-state index < -0.39 is 4.92 Å². The molecule has 0 fully saturated rings. The first-order chi connectivity index (χ1) is 9.09. The summed E-state index contributed by atoms with van der Waals surface area (Å²) in [4.78, 5) is 26.6. The van der Waals surface area contributed by atoms with E-state index in [0.717, 1.165) is 11.8 Å². The number of carbonyl (C=O) groups is 1. The fourth-order valence-electron chi connectivity index (χ4n) is 1.54. The highest BCUT2D eigenvalue weighted by molar-refractivity contribution is 7.99. The highest BCUT2D eigenvalue weighted by atomic mass is 32.2. The standard InChI is InChI=1S/C13H10N2O3S/c1-9(16)10-5-4-8-14-13(10)19-12-7-3-2-6-11(12)15(17)18/h2-8H,1H3. The topological polar surface area (TPSA) is 73.1 Å². The summed E-state index contributed by atoms with van der Waals surface area (Å²) in [5.74, 6) is -0.116. The highest BCUT2D eigenvalue weighted by Gasteiger charge is 2.16. The molecule has 2 aromatic rings. The SMILES string of the molecule is CC(=O)c1cccnc1Sc1ccccc1[N+](=O)[O-]. The molecule has 96 valence electrons. The van der Waals surface area contributed by atoms with E-state index in [4.69, 9.17) is 0 Å². The van der Waals surface area contributed by atoms with Crippen molar-refractivity contribution in [2.75, 3.05) is 0 Å². The number of rotatable bonds is 4. The molecule has 0 N–H and O–H groups in total. The van der Waals surface area contributed by atoms with Crippen molar-refractivity contribution in [2.45, 2.75) is 16.8 Å². The van der Waals surface area contributed by atoms with Crippen LogP contribution in [0.3, 0.4) is 0 Å². The number of carbonyl (C=O) groups excluding carboxylic acids is 1. The molecule has 0 bridgehead atoms. The lowest BCUT2D eigenvalue weighted by Gasteiger charge is -2.05. The van der Waals surface area contributed by atoms with Crippen LogP contribution in [0.15, 0.2) is 52.5 Å². The molecule has 0 unspecified atom stereocenters. The Kier molecular flexibility index (Phi) is 3.91. The van der Waals surface area contributed by atoms with Crippen molar-refractivity contribution >= 4 is 23.2 Å². The van der Waals surface area contributed by atoms with Crippen LogP contribution >= 0.6 is 11.8 Å². The minimum Gasteiger partial charge on any atom is -0.294 e. The normalized spacial score (nSPS) is 10.2. The summed E-state index contributed by atoms with van der Waals surface area (Å²) in [6.45, 7) is 1.44. The van der Waals surface area contributed by atoms with E-state index >= 15 is 0 Å². The number of aromatic nitrogens is 1. The second-order valence-corrected chi connectivity index (χ2v) is 4.77. The molecule has 0 aliphatic heterocycles. The number of nitro benzene ring substituents is 1. The molecule has 19 heavy (non-hydrogen) atoms. The average Bonchev–Trinajstić information content (AvgIpc) is 2.39. The van der Waals surface area contributed by atoms with Crippen molar-refractivity contribution in [3.63, 3.8) is 0 Å². The van der Waals surface area contributed by atoms with Crippen LogP contribution in [0.5, 0.6) is 0 Å². The van der Waals surface area contributed by atoms with Crippen molar-refractivity contribution in [1.29, 1.82) is 0 Å². The molecule has 2 rings (SSSR count). The first-order valence-electron chi connectivity index (χ1n) is 5.47. The largest absolute Gasteiger partial charge is 0.294 e. The van der Waals surface area contributed by atoms with Gasteiger partial charge < -0.3 is 0 Å². The van der Waals surface area contributed by atoms with E-state index in [9.17, 15) is 14.9 Å². The molecule has 1 heterocycles. The van der Waals surface area contributed by atoms with Crippen LogP contribution in [-0.4, -0.2) is 15.7 Å². The van der Waals surface area contributed by atoms with Gasteiger partial charge in [0.25, 0.3) is 5.69 Å². The van der Waals surface area contributed by atoms with Crippen LogP contribution in [0.25, 0.3) is 0 Å². The van der Waals surface area contributed by atoms with E-state index in [-0.39, 0.29) is 11.5 Å². The molecule has 0 saturated carbocycles. The van der Waals surface area contributed by atoms with E-state index in [2.05, 4.69) is 4.98 Å². The third-order valence-electron chi connectivity index (χ3n) is 2.42. The molecule has 6 heteroatoms. The Morgan fingerprint density at radius 1 is 1.26 bits per heavy atom. The predicted molar refractivity (Wildman–Crippen MR) is 71.5 cm³/mol. The zero-order chi connectivity index (χ0) is 13.8. The molecule has 0 aliphatic carbocycles. The average molecular weight is 274 g/mol. The molecule has 0 atom stereocenters. The van der Waals surface area contributed by atoms with E-state index in [1.165, 1.54) is 13.0 Å². The lowest BCUT2D eigenvalue weighted by atomic mass is 10.2. The van der Waals surface area contributed by atoms with E-state index in [1.54, 1.807) is 36.5 Å². The predicted octanol–water partition coefficient (Wildman–Crippen LogP) is 3.34. The maximum absolute atomic E-state index is 11.5. The van der Waals surface area contributed by atoms with Gasteiger partial charge in [0.1, 0.15) is 5.03 Å². The van der Waals surface area contributed by atoms with Gasteiger partial charge in [-0.25, -0.2) is 4.98 Å². The van der Waals surface area contributed by atoms with Crippen LogP contribution in [0.4, 0.5) is 5.69 Å². The van der Waals surface area contributed by atoms with Crippen LogP contribution < -0.4 is 0 Å². The van der Waals surface area contributed by atoms with Crippen molar-refractivity contribution in [3.8, 4) is 0 Å². The van der Waals surface area contributed by atoms with E-state index in [0.29, 0.717) is 15.5 Å². The zero-order valence-electron chi connectivity index (χ0n) is 10.1. The summed E-state index contributed by atoms with van der Waals surface area (Å²) in [5.41, 5.74) is 0.471. The van der Waals surface area contributed by atoms with Crippen LogP contribution in [0.1, 0.15) is 17.3 Å². The minimum atomic E-state index is -0.446. The summed E-state index contributed by atoms with van der Waals surface area (Å²) in [5, 5.41) is 11.4. The molecule has 0 amide bonds. The number of hydrogen-bond acceptors (Lipinski definition) is 5. The van der Waals surface area contributed by atoms with Gasteiger partial charge in [0.05, 0.1) is 9.82 Å². The van der Waals surface area contributed by atoms with Crippen molar-refractivity contribution < 1.29 is 9.72 Å². The summed E-state index contributed by atoms with van der Waals surface area (Å²) in [7, 11) is 0. The number of para-hydroxylation sites is 1. The van der Waals surface area contributed by atoms with Gasteiger partial charge in [-0.2, -0.15) is 0 Å². The van der Waals surface area contributed by atoms with Crippen molar-refractivity contribution in [2.24, 2.45) is 0 Å². The number of nitro groups is 1. The summed E-state index contributed by atoms with van der Waals surface area (Å²) < 4.78 is 0. The van der Waals surface area contributed by atoms with Crippen molar-refractivity contribution in [1.82, 2.24) is 4.98 Å². The molecular formula is C13H10N2O3S. The number of ketones is 1. The Bertz CT molecular complexity index is 588. The lowest BCUT2D eigenvalue weighted by molar-refractivity contribution is -0.387. The maximum Gasteiger partial charge on any atom is 0.283 e. The third kappa shape index (κ3) is 2.97. The second kappa shape index (κ2) is 5.62. The Balaban J connectivity index is 2.42. The van der Waals surface area contributed by atoms with Gasteiger partial charge in [-0.1, -0.05) is 23.9 Å². The summed E-state index contributed by atoms with van der Waals surface area (Å²) in [6, 6.07) is 9.71. The molecule has 0 aliphatic rings. The van der Waals surface area contributed by atoms with Gasteiger partial charge >= 0.3 is 0 Å². The molecule has 0 spiro atoms. The number of pyridine rings is 1. The van der Waals surface area contributed by atoms with Gasteiger partial charge in [0.2, 0.25) is 0 Å². The Morgan fingerprint density at radius 3 is 2.68 bits per heavy atom. The molecule has 1 aromatic heterocycles. The first-order valence-corrected chi connectivity index (χ1v) is 6.28. The fourth-order valence-corrected chi connectivity index (χ4v) is 2.58. The molecular weight excluding hydrogens is 264 g/mol. The molecule has 1 aromatic carbocycles. The number of benzene rings is 1. The van der Waals surface area contributed by atoms with Gasteiger partial charge in [-0.15, -0.1) is 0 Å². The summed E-state index contributed by atoms with van der Waals surface area (Å²) in [6.07, 6.45) is 1.56. The number of Topliss-reactive ketones (excluding diaryl/α,β-unsaturated/α-hetero) is 1. The Labute approximate surface area is 113 Å². The van der Waals surface area contributed by atoms with Crippen molar-refractivity contribution in [3.05, 3.63) is 58.3 Å². The first kappa shape index (κ1) is 13.2. The monoisotopic (exact) mass is 274 g/mol. The van der Waals surface area contributed by atoms with Gasteiger partial charge in [0.15, 0.2) is 5.78 Å². The Morgan fingerprint density at radius 2 is 2.00 bits per heavy atom. The number of hydrogen-bond donors (Lipinski definition) is 0. The van der Waals surface area contributed by atoms with Crippen LogP contribution in [0, 0.1) is 10.1 Å². The summed E-state index contributed by atoms with van der Waals surface area (Å²) >= 11 is 1.12. The molecule has 5 nitrogen and oxygen atoms in total. The quantitative estimate of drug-likeness (QED) is 0.485. The van der Waals surface area contributed by atoms with Gasteiger partial charge in [-0.3, -0.25) is 14.9 Å². The minimum absolute atomic E-state index is 0.00709. The fraction of sp³-hybridized carbons (Fsp3) is 0.0769. The Hall–Kier alpha value is -2.21. The lowest BCUT2D eigenvalue weighted by Crippen LogP contribution is -1.97. The smallest absolute Gasteiger partial charge is 0.283 e.